The highest BCUT2D eigenvalue weighted by Gasteiger charge is 2.42. The van der Waals surface area contributed by atoms with Crippen LogP contribution in [0.15, 0.2) is 63.5 Å². The first-order valence-corrected chi connectivity index (χ1v) is 12.8. The van der Waals surface area contributed by atoms with E-state index in [1.165, 1.54) is 6.07 Å². The van der Waals surface area contributed by atoms with Gasteiger partial charge in [-0.1, -0.05) is 18.2 Å². The molecule has 0 radical (unpaired) electrons. The lowest BCUT2D eigenvalue weighted by Crippen LogP contribution is -2.30. The summed E-state index contributed by atoms with van der Waals surface area (Å²) < 4.78 is 32.8. The standard InChI is InChI=1S/C28H26BrFO5/c1-2-33-24-14-17(13-18(29)28(24)34-15-16-7-3-4-8-19(16)30)25-26-20(31)9-5-11-22(26)35-23-12-6-10-21(32)27(23)25/h3-4,7-8,13-14,25H,2,5-6,9-12,15H2,1H3. The number of ketones is 2. The molecule has 5 rings (SSSR count). The van der Waals surface area contributed by atoms with Crippen molar-refractivity contribution >= 4 is 27.5 Å². The first kappa shape index (κ1) is 23.8. The van der Waals surface area contributed by atoms with E-state index in [4.69, 9.17) is 14.2 Å². The van der Waals surface area contributed by atoms with Gasteiger partial charge in [-0.05, 0) is 59.5 Å². The lowest BCUT2D eigenvalue weighted by Gasteiger charge is -2.36. The molecule has 7 heteroatoms. The van der Waals surface area contributed by atoms with Crippen LogP contribution in [-0.2, 0) is 20.9 Å². The molecular formula is C28H26BrFO5. The molecule has 5 nitrogen and oxygen atoms in total. The predicted octanol–water partition coefficient (Wildman–Crippen LogP) is 6.69. The molecule has 0 amide bonds. The van der Waals surface area contributed by atoms with E-state index in [0.29, 0.717) is 76.5 Å². The van der Waals surface area contributed by atoms with Gasteiger partial charge in [-0.2, -0.15) is 0 Å². The molecule has 1 heterocycles. The van der Waals surface area contributed by atoms with Crippen molar-refractivity contribution in [2.24, 2.45) is 0 Å². The highest BCUT2D eigenvalue weighted by Crippen LogP contribution is 2.50. The second-order valence-electron chi connectivity index (χ2n) is 8.91. The SMILES string of the molecule is CCOc1cc(C2C3=C(CCCC3=O)OC3=C2C(=O)CCC3)cc(Br)c1OCc1ccccc1F. The molecule has 3 aliphatic rings. The quantitative estimate of drug-likeness (QED) is 0.408. The normalized spacial score (nSPS) is 18.3. The fraction of sp³-hybridized carbons (Fsp3) is 0.357. The average molecular weight is 541 g/mol. The number of ether oxygens (including phenoxy) is 3. The molecule has 1 aliphatic heterocycles. The number of hydrogen-bond acceptors (Lipinski definition) is 5. The van der Waals surface area contributed by atoms with Crippen molar-refractivity contribution in [2.75, 3.05) is 6.61 Å². The molecule has 0 fully saturated rings. The Kier molecular flexibility index (Phi) is 6.78. The van der Waals surface area contributed by atoms with Gasteiger partial charge in [-0.15, -0.1) is 0 Å². The molecule has 2 aromatic rings. The van der Waals surface area contributed by atoms with E-state index in [2.05, 4.69) is 15.9 Å². The predicted molar refractivity (Wildman–Crippen MR) is 132 cm³/mol. The number of carbonyl (C=O) groups is 2. The number of hydrogen-bond donors (Lipinski definition) is 0. The average Bonchev–Trinajstić information content (AvgIpc) is 2.84. The molecule has 0 saturated carbocycles. The van der Waals surface area contributed by atoms with Crippen molar-refractivity contribution < 1.29 is 28.2 Å². The van der Waals surface area contributed by atoms with E-state index in [9.17, 15) is 14.0 Å². The van der Waals surface area contributed by atoms with Crippen LogP contribution in [0.4, 0.5) is 4.39 Å². The fourth-order valence-electron chi connectivity index (χ4n) is 5.07. The molecule has 0 saturated heterocycles. The molecule has 0 unspecified atom stereocenters. The number of benzene rings is 2. The van der Waals surface area contributed by atoms with Gasteiger partial charge < -0.3 is 14.2 Å². The molecular weight excluding hydrogens is 515 g/mol. The minimum atomic E-state index is -0.495. The van der Waals surface area contributed by atoms with Gasteiger partial charge in [-0.3, -0.25) is 9.59 Å². The van der Waals surface area contributed by atoms with Gasteiger partial charge in [-0.25, -0.2) is 4.39 Å². The number of halogens is 2. The highest BCUT2D eigenvalue weighted by atomic mass is 79.9. The van der Waals surface area contributed by atoms with E-state index >= 15 is 0 Å². The van der Waals surface area contributed by atoms with Gasteiger partial charge in [0.2, 0.25) is 0 Å². The Morgan fingerprint density at radius 2 is 1.63 bits per heavy atom. The topological polar surface area (TPSA) is 61.8 Å². The molecule has 0 atom stereocenters. The smallest absolute Gasteiger partial charge is 0.175 e. The molecule has 2 aliphatic carbocycles. The number of carbonyl (C=O) groups excluding carboxylic acids is 2. The van der Waals surface area contributed by atoms with Crippen LogP contribution in [0, 0.1) is 5.82 Å². The van der Waals surface area contributed by atoms with Crippen LogP contribution in [-0.4, -0.2) is 18.2 Å². The Morgan fingerprint density at radius 3 is 2.26 bits per heavy atom. The van der Waals surface area contributed by atoms with E-state index < -0.39 is 5.92 Å². The van der Waals surface area contributed by atoms with Crippen molar-refractivity contribution in [3.8, 4) is 11.5 Å². The van der Waals surface area contributed by atoms with Crippen molar-refractivity contribution in [1.29, 1.82) is 0 Å². The van der Waals surface area contributed by atoms with Crippen LogP contribution in [0.5, 0.6) is 11.5 Å². The van der Waals surface area contributed by atoms with Crippen molar-refractivity contribution in [3.05, 3.63) is 80.5 Å². The second kappa shape index (κ2) is 9.97. The van der Waals surface area contributed by atoms with Gasteiger partial charge >= 0.3 is 0 Å². The largest absolute Gasteiger partial charge is 0.490 e. The van der Waals surface area contributed by atoms with Gasteiger partial charge in [0.05, 0.1) is 11.1 Å². The summed E-state index contributed by atoms with van der Waals surface area (Å²) in [5.74, 6) is 1.50. The molecule has 35 heavy (non-hydrogen) atoms. The van der Waals surface area contributed by atoms with Gasteiger partial charge in [0.15, 0.2) is 23.1 Å². The maximum Gasteiger partial charge on any atom is 0.175 e. The summed E-state index contributed by atoms with van der Waals surface area (Å²) in [7, 11) is 0. The van der Waals surface area contributed by atoms with Crippen LogP contribution in [0.1, 0.15) is 62.5 Å². The van der Waals surface area contributed by atoms with E-state index in [0.717, 1.165) is 18.4 Å². The lowest BCUT2D eigenvalue weighted by molar-refractivity contribution is -0.117. The Morgan fingerprint density at radius 1 is 0.971 bits per heavy atom. The van der Waals surface area contributed by atoms with Gasteiger partial charge in [0.1, 0.15) is 23.9 Å². The fourth-order valence-corrected chi connectivity index (χ4v) is 5.65. The third-order valence-corrected chi connectivity index (χ3v) is 7.22. The Balaban J connectivity index is 1.58. The van der Waals surface area contributed by atoms with Gasteiger partial charge in [0.25, 0.3) is 0 Å². The molecule has 182 valence electrons. The van der Waals surface area contributed by atoms with Crippen molar-refractivity contribution in [3.63, 3.8) is 0 Å². The molecule has 0 spiro atoms. The summed E-state index contributed by atoms with van der Waals surface area (Å²) in [6.07, 6.45) is 3.75. The highest BCUT2D eigenvalue weighted by molar-refractivity contribution is 9.10. The first-order valence-electron chi connectivity index (χ1n) is 12.0. The zero-order valence-electron chi connectivity index (χ0n) is 19.5. The third kappa shape index (κ3) is 4.54. The molecule has 0 bridgehead atoms. The minimum absolute atomic E-state index is 0.0233. The Labute approximate surface area is 212 Å². The second-order valence-corrected chi connectivity index (χ2v) is 9.76. The van der Waals surface area contributed by atoms with Crippen LogP contribution in [0.2, 0.25) is 0 Å². The van der Waals surface area contributed by atoms with Crippen molar-refractivity contribution in [2.45, 2.75) is 58.0 Å². The van der Waals surface area contributed by atoms with E-state index in [-0.39, 0.29) is 24.0 Å². The van der Waals surface area contributed by atoms with Crippen LogP contribution < -0.4 is 9.47 Å². The number of rotatable bonds is 6. The monoisotopic (exact) mass is 540 g/mol. The zero-order chi connectivity index (χ0) is 24.5. The van der Waals surface area contributed by atoms with E-state index in [1.54, 1.807) is 18.2 Å². The Hall–Kier alpha value is -2.93. The molecule has 0 N–H and O–H groups in total. The summed E-state index contributed by atoms with van der Waals surface area (Å²) >= 11 is 3.60. The maximum atomic E-state index is 14.1. The molecule has 2 aromatic carbocycles. The summed E-state index contributed by atoms with van der Waals surface area (Å²) in [6.45, 7) is 2.29. The van der Waals surface area contributed by atoms with Crippen molar-refractivity contribution in [1.82, 2.24) is 0 Å². The summed E-state index contributed by atoms with van der Waals surface area (Å²) in [6, 6.07) is 10.2. The summed E-state index contributed by atoms with van der Waals surface area (Å²) in [5.41, 5.74) is 2.37. The van der Waals surface area contributed by atoms with Gasteiger partial charge in [0, 0.05) is 48.3 Å². The zero-order valence-corrected chi connectivity index (χ0v) is 21.1. The third-order valence-electron chi connectivity index (χ3n) is 6.64. The summed E-state index contributed by atoms with van der Waals surface area (Å²) in [4.78, 5) is 26.1. The van der Waals surface area contributed by atoms with E-state index in [1.807, 2.05) is 19.1 Å². The lowest BCUT2D eigenvalue weighted by atomic mass is 9.73. The van der Waals surface area contributed by atoms with Crippen LogP contribution >= 0.6 is 15.9 Å². The maximum absolute atomic E-state index is 14.1. The summed E-state index contributed by atoms with van der Waals surface area (Å²) in [5, 5.41) is 0. The Bertz CT molecular complexity index is 1220. The van der Waals surface area contributed by atoms with Crippen LogP contribution in [0.3, 0.4) is 0 Å². The number of allylic oxidation sites excluding steroid dienone is 4. The van der Waals surface area contributed by atoms with Crippen LogP contribution in [0.25, 0.3) is 0 Å². The number of Topliss-reactive ketones (excluding diaryl/α,β-unsaturated/α-hetero) is 2. The molecule has 0 aromatic heterocycles. The first-order chi connectivity index (χ1) is 17.0. The minimum Gasteiger partial charge on any atom is -0.490 e.